The van der Waals surface area contributed by atoms with Gasteiger partial charge in [-0.05, 0) is 36.7 Å². The predicted molar refractivity (Wildman–Crippen MR) is 77.2 cm³/mol. The van der Waals surface area contributed by atoms with E-state index in [1.165, 1.54) is 19.2 Å². The Kier molecular flexibility index (Phi) is 4.93. The van der Waals surface area contributed by atoms with Gasteiger partial charge in [-0.3, -0.25) is 15.4 Å². The number of nitro groups is 1. The number of methoxy groups -OCH3 is 1. The van der Waals surface area contributed by atoms with E-state index in [0.29, 0.717) is 4.47 Å². The second kappa shape index (κ2) is 6.08. The Bertz CT molecular complexity index is 539. The molecule has 0 spiro atoms. The Morgan fingerprint density at radius 2 is 2.00 bits per heavy atom. The first-order valence-corrected chi connectivity index (χ1v) is 6.45. The van der Waals surface area contributed by atoms with E-state index in [4.69, 9.17) is 9.47 Å². The molecule has 0 aliphatic carbocycles. The number of halogens is 1. The van der Waals surface area contributed by atoms with E-state index < -0.39 is 16.6 Å². The standard InChI is InChI=1S/C12H15BrN2O5/c1-12(2,3)20-11(16)14-9-6-7(15(17)18)5-8(13)10(9)19-4/h5-6H,1-4H3,(H,14,16). The number of nitrogens with one attached hydrogen (secondary N) is 1. The van der Waals surface area contributed by atoms with Crippen LogP contribution in [0, 0.1) is 10.1 Å². The van der Waals surface area contributed by atoms with Gasteiger partial charge in [-0.1, -0.05) is 0 Å². The number of hydrogen-bond acceptors (Lipinski definition) is 5. The van der Waals surface area contributed by atoms with Crippen LogP contribution < -0.4 is 10.1 Å². The summed E-state index contributed by atoms with van der Waals surface area (Å²) in [5, 5.41) is 13.3. The van der Waals surface area contributed by atoms with Crippen molar-refractivity contribution in [3.63, 3.8) is 0 Å². The zero-order valence-electron chi connectivity index (χ0n) is 11.5. The second-order valence-electron chi connectivity index (χ2n) is 4.89. The molecule has 0 fully saturated rings. The second-order valence-corrected chi connectivity index (χ2v) is 5.75. The third kappa shape index (κ3) is 4.37. The summed E-state index contributed by atoms with van der Waals surface area (Å²) in [5.74, 6) is 0.279. The molecule has 0 radical (unpaired) electrons. The van der Waals surface area contributed by atoms with E-state index in [2.05, 4.69) is 21.2 Å². The number of nitro benzene ring substituents is 1. The molecular formula is C12H15BrN2O5. The molecule has 1 rings (SSSR count). The Labute approximate surface area is 124 Å². The van der Waals surface area contributed by atoms with E-state index in [-0.39, 0.29) is 17.1 Å². The molecule has 0 atom stereocenters. The first-order chi connectivity index (χ1) is 9.14. The van der Waals surface area contributed by atoms with Crippen molar-refractivity contribution in [3.05, 3.63) is 26.7 Å². The highest BCUT2D eigenvalue weighted by atomic mass is 79.9. The van der Waals surface area contributed by atoms with Crippen LogP contribution in [0.3, 0.4) is 0 Å². The summed E-state index contributed by atoms with van der Waals surface area (Å²) in [5.41, 5.74) is -0.693. The van der Waals surface area contributed by atoms with Crippen molar-refractivity contribution in [1.82, 2.24) is 0 Å². The summed E-state index contributed by atoms with van der Waals surface area (Å²) in [6.45, 7) is 5.15. The molecule has 1 aromatic rings. The number of benzene rings is 1. The largest absolute Gasteiger partial charge is 0.493 e. The zero-order valence-corrected chi connectivity index (χ0v) is 13.1. The lowest BCUT2D eigenvalue weighted by Crippen LogP contribution is -2.27. The number of anilines is 1. The number of nitrogens with zero attached hydrogens (tertiary/aromatic N) is 1. The summed E-state index contributed by atoms with van der Waals surface area (Å²) in [7, 11) is 1.40. The monoisotopic (exact) mass is 346 g/mol. The minimum absolute atomic E-state index is 0.155. The van der Waals surface area contributed by atoms with Crippen molar-refractivity contribution in [2.24, 2.45) is 0 Å². The van der Waals surface area contributed by atoms with Crippen molar-refractivity contribution < 1.29 is 19.2 Å². The van der Waals surface area contributed by atoms with Gasteiger partial charge in [-0.25, -0.2) is 4.79 Å². The van der Waals surface area contributed by atoms with Gasteiger partial charge in [0.05, 0.1) is 22.2 Å². The number of carbonyl (C=O) groups excluding carboxylic acids is 1. The van der Waals surface area contributed by atoms with Crippen LogP contribution in [0.1, 0.15) is 20.8 Å². The van der Waals surface area contributed by atoms with Gasteiger partial charge in [0, 0.05) is 12.1 Å². The smallest absolute Gasteiger partial charge is 0.412 e. The molecule has 0 aromatic heterocycles. The van der Waals surface area contributed by atoms with E-state index in [1.807, 2.05) is 0 Å². The molecule has 0 aliphatic rings. The SMILES string of the molecule is COc1c(Br)cc([N+](=O)[O-])cc1NC(=O)OC(C)(C)C. The third-order valence-electron chi connectivity index (χ3n) is 2.08. The first kappa shape index (κ1) is 16.2. The Morgan fingerprint density at radius 1 is 1.40 bits per heavy atom. The fraction of sp³-hybridized carbons (Fsp3) is 0.417. The molecule has 1 aromatic carbocycles. The normalized spacial score (nSPS) is 10.8. The molecule has 7 nitrogen and oxygen atoms in total. The van der Waals surface area contributed by atoms with E-state index in [1.54, 1.807) is 20.8 Å². The van der Waals surface area contributed by atoms with Crippen molar-refractivity contribution in [2.75, 3.05) is 12.4 Å². The maximum absolute atomic E-state index is 11.7. The number of amides is 1. The molecule has 0 bridgehead atoms. The van der Waals surface area contributed by atoms with Gasteiger partial charge in [-0.15, -0.1) is 0 Å². The predicted octanol–water partition coefficient (Wildman–Crippen LogP) is 3.71. The summed E-state index contributed by atoms with van der Waals surface area (Å²) < 4.78 is 10.6. The molecule has 0 saturated heterocycles. The fourth-order valence-corrected chi connectivity index (χ4v) is 2.01. The summed E-state index contributed by atoms with van der Waals surface area (Å²) >= 11 is 3.16. The lowest BCUT2D eigenvalue weighted by molar-refractivity contribution is -0.384. The Morgan fingerprint density at radius 3 is 2.45 bits per heavy atom. The quantitative estimate of drug-likeness (QED) is 0.665. The molecule has 1 amide bonds. The Balaban J connectivity index is 3.09. The molecule has 0 unspecified atom stereocenters. The molecule has 0 aliphatic heterocycles. The van der Waals surface area contributed by atoms with Crippen LogP contribution in [0.15, 0.2) is 16.6 Å². The molecule has 110 valence electrons. The first-order valence-electron chi connectivity index (χ1n) is 5.66. The van der Waals surface area contributed by atoms with Gasteiger partial charge in [0.25, 0.3) is 5.69 Å². The van der Waals surface area contributed by atoms with Crippen molar-refractivity contribution >= 4 is 33.4 Å². The molecule has 1 N–H and O–H groups in total. The van der Waals surface area contributed by atoms with Gasteiger partial charge in [-0.2, -0.15) is 0 Å². The van der Waals surface area contributed by atoms with Crippen LogP contribution in [-0.4, -0.2) is 23.7 Å². The topological polar surface area (TPSA) is 90.7 Å². The molecular weight excluding hydrogens is 332 g/mol. The maximum atomic E-state index is 11.7. The average Bonchev–Trinajstić information content (AvgIpc) is 2.25. The van der Waals surface area contributed by atoms with E-state index in [0.717, 1.165) is 0 Å². The van der Waals surface area contributed by atoms with Gasteiger partial charge in [0.1, 0.15) is 5.60 Å². The minimum atomic E-state index is -0.719. The number of ether oxygens (including phenoxy) is 2. The summed E-state index contributed by atoms with van der Waals surface area (Å²) in [6.07, 6.45) is -0.719. The minimum Gasteiger partial charge on any atom is -0.493 e. The van der Waals surface area contributed by atoms with Crippen LogP contribution in [0.5, 0.6) is 5.75 Å². The number of carbonyl (C=O) groups is 1. The van der Waals surface area contributed by atoms with Crippen molar-refractivity contribution in [3.8, 4) is 5.75 Å². The van der Waals surface area contributed by atoms with Crippen molar-refractivity contribution in [2.45, 2.75) is 26.4 Å². The highest BCUT2D eigenvalue weighted by Gasteiger charge is 2.21. The number of hydrogen-bond donors (Lipinski definition) is 1. The van der Waals surface area contributed by atoms with E-state index >= 15 is 0 Å². The lowest BCUT2D eigenvalue weighted by atomic mass is 10.2. The third-order valence-corrected chi connectivity index (χ3v) is 2.67. The van der Waals surface area contributed by atoms with Crippen LogP contribution in [0.25, 0.3) is 0 Å². The van der Waals surface area contributed by atoms with Gasteiger partial charge in [0.15, 0.2) is 5.75 Å². The van der Waals surface area contributed by atoms with Crippen LogP contribution in [-0.2, 0) is 4.74 Å². The highest BCUT2D eigenvalue weighted by molar-refractivity contribution is 9.10. The Hall–Kier alpha value is -1.83. The van der Waals surface area contributed by atoms with Crippen LogP contribution in [0.2, 0.25) is 0 Å². The highest BCUT2D eigenvalue weighted by Crippen LogP contribution is 2.37. The molecule has 0 heterocycles. The molecule has 0 saturated carbocycles. The van der Waals surface area contributed by atoms with Crippen LogP contribution >= 0.6 is 15.9 Å². The number of rotatable bonds is 3. The summed E-state index contributed by atoms with van der Waals surface area (Å²) in [4.78, 5) is 22.0. The van der Waals surface area contributed by atoms with Gasteiger partial charge >= 0.3 is 6.09 Å². The maximum Gasteiger partial charge on any atom is 0.412 e. The van der Waals surface area contributed by atoms with Gasteiger partial charge < -0.3 is 9.47 Å². The zero-order chi connectivity index (χ0) is 15.5. The fourth-order valence-electron chi connectivity index (χ4n) is 1.40. The lowest BCUT2D eigenvalue weighted by Gasteiger charge is -2.20. The molecule has 8 heteroatoms. The van der Waals surface area contributed by atoms with Crippen molar-refractivity contribution in [1.29, 1.82) is 0 Å². The molecule has 20 heavy (non-hydrogen) atoms. The van der Waals surface area contributed by atoms with E-state index in [9.17, 15) is 14.9 Å². The van der Waals surface area contributed by atoms with Gasteiger partial charge in [0.2, 0.25) is 0 Å². The summed E-state index contributed by atoms with van der Waals surface area (Å²) in [6, 6.07) is 2.49. The van der Waals surface area contributed by atoms with Crippen LogP contribution in [0.4, 0.5) is 16.2 Å². The average molecular weight is 347 g/mol. The number of non-ortho nitro benzene ring substituents is 1.